The molecule has 0 aliphatic carbocycles. The molecule has 3 aliphatic heterocycles. The number of aliphatic hydroxyl groups excluding tert-OH is 1. The molecule has 0 saturated carbocycles. The standard InChI is InChI=1S/C30H40N2O5S/c1-3-5-20-37-29(36)24-23-15-16-30(38-23)25(24)27(34)32(18-11-6-7-12-19-33)26(30)28(35)31(17-4-2)21-22-13-9-8-10-14-22/h3-4,8-10,13-14,23-26,33H,1-2,5-7,11-12,15-21H2/t23-,24+,25-,26?,30?/m0/s1. The maximum absolute atomic E-state index is 14.4. The minimum Gasteiger partial charge on any atom is -0.465 e. The van der Waals surface area contributed by atoms with Crippen LogP contribution >= 0.6 is 11.8 Å². The van der Waals surface area contributed by atoms with Crippen LogP contribution in [0.4, 0.5) is 0 Å². The van der Waals surface area contributed by atoms with Crippen molar-refractivity contribution < 1.29 is 24.2 Å². The summed E-state index contributed by atoms with van der Waals surface area (Å²) in [5.41, 5.74) is 1.02. The Hall–Kier alpha value is -2.58. The number of esters is 1. The van der Waals surface area contributed by atoms with Gasteiger partial charge in [-0.25, -0.2) is 0 Å². The van der Waals surface area contributed by atoms with Crippen LogP contribution in [0.3, 0.4) is 0 Å². The van der Waals surface area contributed by atoms with Gasteiger partial charge in [0.15, 0.2) is 0 Å². The number of benzene rings is 1. The minimum absolute atomic E-state index is 0.0100. The molecular weight excluding hydrogens is 500 g/mol. The second kappa shape index (κ2) is 13.0. The van der Waals surface area contributed by atoms with Crippen LogP contribution in [0.1, 0.15) is 50.5 Å². The lowest BCUT2D eigenvalue weighted by atomic mass is 9.71. The monoisotopic (exact) mass is 540 g/mol. The molecule has 0 aromatic heterocycles. The minimum atomic E-state index is -0.623. The molecule has 3 heterocycles. The Kier molecular flexibility index (Phi) is 9.71. The van der Waals surface area contributed by atoms with E-state index in [0.717, 1.165) is 44.1 Å². The largest absolute Gasteiger partial charge is 0.465 e. The van der Waals surface area contributed by atoms with Crippen LogP contribution in [0.15, 0.2) is 55.6 Å². The number of fused-ring (bicyclic) bond motifs is 1. The van der Waals surface area contributed by atoms with Crippen LogP contribution in [0.25, 0.3) is 0 Å². The number of thioether (sulfide) groups is 1. The number of hydrogen-bond donors (Lipinski definition) is 1. The summed E-state index contributed by atoms with van der Waals surface area (Å²) in [5, 5.41) is 9.12. The number of hydrogen-bond acceptors (Lipinski definition) is 6. The Morgan fingerprint density at radius 1 is 1.16 bits per heavy atom. The van der Waals surface area contributed by atoms with Crippen molar-refractivity contribution in [1.29, 1.82) is 0 Å². The van der Waals surface area contributed by atoms with Crippen molar-refractivity contribution in [3.05, 3.63) is 61.2 Å². The van der Waals surface area contributed by atoms with Gasteiger partial charge in [0.1, 0.15) is 6.04 Å². The molecule has 1 aromatic rings. The predicted octanol–water partition coefficient (Wildman–Crippen LogP) is 3.96. The summed E-state index contributed by atoms with van der Waals surface area (Å²) in [6, 6.07) is 9.22. The average Bonchev–Trinajstić information content (AvgIpc) is 3.56. The van der Waals surface area contributed by atoms with E-state index in [-0.39, 0.29) is 36.2 Å². The van der Waals surface area contributed by atoms with Crippen LogP contribution in [0.2, 0.25) is 0 Å². The lowest BCUT2D eigenvalue weighted by molar-refractivity contribution is -0.154. The van der Waals surface area contributed by atoms with Gasteiger partial charge in [-0.15, -0.1) is 24.9 Å². The van der Waals surface area contributed by atoms with Gasteiger partial charge in [0.2, 0.25) is 11.8 Å². The number of likely N-dealkylation sites (tertiary alicyclic amines) is 1. The summed E-state index contributed by atoms with van der Waals surface area (Å²) in [7, 11) is 0. The molecule has 7 nitrogen and oxygen atoms in total. The van der Waals surface area contributed by atoms with E-state index in [4.69, 9.17) is 9.84 Å². The Bertz CT molecular complexity index is 1020. The summed E-state index contributed by atoms with van der Waals surface area (Å²) >= 11 is 1.67. The molecule has 2 unspecified atom stereocenters. The number of rotatable bonds is 15. The van der Waals surface area contributed by atoms with Gasteiger partial charge in [0, 0.05) is 31.5 Å². The number of nitrogens with zero attached hydrogens (tertiary/aromatic N) is 2. The van der Waals surface area contributed by atoms with Crippen molar-refractivity contribution in [3.8, 4) is 0 Å². The van der Waals surface area contributed by atoms with Gasteiger partial charge in [0.25, 0.3) is 0 Å². The van der Waals surface area contributed by atoms with Gasteiger partial charge in [-0.05, 0) is 37.7 Å². The molecule has 4 rings (SSSR count). The Morgan fingerprint density at radius 2 is 1.92 bits per heavy atom. The molecule has 206 valence electrons. The Morgan fingerprint density at radius 3 is 2.63 bits per heavy atom. The van der Waals surface area contributed by atoms with Gasteiger partial charge in [-0.3, -0.25) is 14.4 Å². The van der Waals surface area contributed by atoms with Crippen LogP contribution in [0.5, 0.6) is 0 Å². The zero-order chi connectivity index (χ0) is 27.1. The van der Waals surface area contributed by atoms with Gasteiger partial charge in [0.05, 0.1) is 23.2 Å². The van der Waals surface area contributed by atoms with E-state index >= 15 is 0 Å². The number of aliphatic hydroxyl groups is 1. The molecule has 1 N–H and O–H groups in total. The van der Waals surface area contributed by atoms with E-state index in [1.54, 1.807) is 33.7 Å². The van der Waals surface area contributed by atoms with Crippen molar-refractivity contribution >= 4 is 29.5 Å². The number of amides is 2. The Labute approximate surface area is 230 Å². The van der Waals surface area contributed by atoms with E-state index in [2.05, 4.69) is 13.2 Å². The third-order valence-electron chi connectivity index (χ3n) is 8.06. The fraction of sp³-hybridized carbons (Fsp3) is 0.567. The summed E-state index contributed by atoms with van der Waals surface area (Å²) in [6.45, 7) is 9.25. The Balaban J connectivity index is 1.63. The molecule has 2 bridgehead atoms. The molecule has 0 radical (unpaired) electrons. The zero-order valence-corrected chi connectivity index (χ0v) is 22.9. The predicted molar refractivity (Wildman–Crippen MR) is 149 cm³/mol. The van der Waals surface area contributed by atoms with Crippen molar-refractivity contribution in [2.75, 3.05) is 26.3 Å². The summed E-state index contributed by atoms with van der Waals surface area (Å²) < 4.78 is 4.94. The van der Waals surface area contributed by atoms with Gasteiger partial charge in [-0.2, -0.15) is 0 Å². The lowest BCUT2D eigenvalue weighted by Gasteiger charge is -2.37. The van der Waals surface area contributed by atoms with E-state index < -0.39 is 22.6 Å². The molecule has 3 aliphatic rings. The molecule has 1 aromatic carbocycles. The molecule has 8 heteroatoms. The van der Waals surface area contributed by atoms with E-state index in [9.17, 15) is 14.4 Å². The van der Waals surface area contributed by atoms with E-state index in [0.29, 0.717) is 26.1 Å². The fourth-order valence-electron chi connectivity index (χ4n) is 6.39. The van der Waals surface area contributed by atoms with Crippen LogP contribution in [-0.4, -0.2) is 75.0 Å². The highest BCUT2D eigenvalue weighted by molar-refractivity contribution is 8.02. The van der Waals surface area contributed by atoms with Crippen LogP contribution in [0, 0.1) is 11.8 Å². The van der Waals surface area contributed by atoms with Gasteiger partial charge < -0.3 is 19.6 Å². The third kappa shape index (κ3) is 5.57. The molecule has 38 heavy (non-hydrogen) atoms. The highest BCUT2D eigenvalue weighted by atomic mass is 32.2. The first kappa shape index (κ1) is 28.4. The van der Waals surface area contributed by atoms with Gasteiger partial charge in [-0.1, -0.05) is 55.3 Å². The average molecular weight is 541 g/mol. The third-order valence-corrected chi connectivity index (χ3v) is 10.0. The quantitative estimate of drug-likeness (QED) is 0.206. The van der Waals surface area contributed by atoms with Crippen LogP contribution in [-0.2, 0) is 25.7 Å². The molecule has 2 amide bonds. The smallest absolute Gasteiger partial charge is 0.310 e. The van der Waals surface area contributed by atoms with Crippen molar-refractivity contribution in [2.24, 2.45) is 11.8 Å². The first-order valence-electron chi connectivity index (χ1n) is 13.8. The number of unbranched alkanes of at least 4 members (excludes halogenated alkanes) is 3. The summed E-state index contributed by atoms with van der Waals surface area (Å²) in [5.74, 6) is -1.57. The highest BCUT2D eigenvalue weighted by Crippen LogP contribution is 2.66. The maximum atomic E-state index is 14.4. The first-order valence-corrected chi connectivity index (χ1v) is 14.7. The van der Waals surface area contributed by atoms with E-state index in [1.165, 1.54) is 0 Å². The topological polar surface area (TPSA) is 87.2 Å². The maximum Gasteiger partial charge on any atom is 0.310 e. The second-order valence-electron chi connectivity index (χ2n) is 10.5. The molecule has 5 atom stereocenters. The summed E-state index contributed by atoms with van der Waals surface area (Å²) in [4.78, 5) is 45.2. The first-order chi connectivity index (χ1) is 18.5. The zero-order valence-electron chi connectivity index (χ0n) is 22.1. The second-order valence-corrected chi connectivity index (χ2v) is 12.1. The molecule has 1 spiro atoms. The molecule has 3 fully saturated rings. The SMILES string of the molecule is C=CCCOC(=O)[C@@H]1[C@@H]2CCC3(S2)C(C(=O)N(CC=C)Cc2ccccc2)N(CCCCCCO)C(=O)[C@H]13. The van der Waals surface area contributed by atoms with Crippen molar-refractivity contribution in [1.82, 2.24) is 9.80 Å². The summed E-state index contributed by atoms with van der Waals surface area (Å²) in [6.07, 6.45) is 8.75. The number of ether oxygens (including phenoxy) is 1. The number of carbonyl (C=O) groups is 3. The highest BCUT2D eigenvalue weighted by Gasteiger charge is 2.74. The fourth-order valence-corrected chi connectivity index (χ4v) is 8.59. The van der Waals surface area contributed by atoms with Gasteiger partial charge >= 0.3 is 5.97 Å². The normalized spacial score (nSPS) is 27.3. The number of carbonyl (C=O) groups excluding carboxylic acids is 3. The van der Waals surface area contributed by atoms with Crippen molar-refractivity contribution in [2.45, 2.75) is 67.5 Å². The van der Waals surface area contributed by atoms with E-state index in [1.807, 2.05) is 30.3 Å². The van der Waals surface area contributed by atoms with Crippen molar-refractivity contribution in [3.63, 3.8) is 0 Å². The van der Waals surface area contributed by atoms with Crippen LogP contribution < -0.4 is 0 Å². The molecule has 3 saturated heterocycles. The lowest BCUT2D eigenvalue weighted by Crippen LogP contribution is -2.54. The molecular formula is C30H40N2O5S.